The van der Waals surface area contributed by atoms with Crippen molar-refractivity contribution in [1.82, 2.24) is 4.90 Å². The van der Waals surface area contributed by atoms with Crippen LogP contribution in [0.15, 0.2) is 22.8 Å². The van der Waals surface area contributed by atoms with Gasteiger partial charge in [-0.2, -0.15) is 0 Å². The second-order valence-electron chi connectivity index (χ2n) is 4.98. The van der Waals surface area contributed by atoms with Gasteiger partial charge in [0.05, 0.1) is 11.8 Å². The molecule has 0 saturated carbocycles. The number of likely N-dealkylation sites (tertiary alicyclic amines) is 1. The first kappa shape index (κ1) is 12.4. The van der Waals surface area contributed by atoms with Crippen molar-refractivity contribution < 1.29 is 9.21 Å². The Morgan fingerprint density at radius 1 is 1.41 bits per heavy atom. The summed E-state index contributed by atoms with van der Waals surface area (Å²) in [4.78, 5) is 14.8. The van der Waals surface area contributed by atoms with E-state index in [0.29, 0.717) is 5.76 Å². The van der Waals surface area contributed by atoms with Gasteiger partial charge in [0.15, 0.2) is 5.76 Å². The zero-order chi connectivity index (χ0) is 12.3. The summed E-state index contributed by atoms with van der Waals surface area (Å²) >= 11 is 0. The highest BCUT2D eigenvalue weighted by molar-refractivity contribution is 6.00. The van der Waals surface area contributed by atoms with Crippen LogP contribution in [0.3, 0.4) is 0 Å². The van der Waals surface area contributed by atoms with Crippen molar-refractivity contribution in [3.63, 3.8) is 0 Å². The zero-order valence-electron chi connectivity index (χ0n) is 10.7. The summed E-state index contributed by atoms with van der Waals surface area (Å²) < 4.78 is 5.26. The van der Waals surface area contributed by atoms with Gasteiger partial charge in [-0.1, -0.05) is 13.3 Å². The fourth-order valence-corrected chi connectivity index (χ4v) is 2.59. The third-order valence-electron chi connectivity index (χ3n) is 3.98. The van der Waals surface area contributed by atoms with Gasteiger partial charge in [0.1, 0.15) is 0 Å². The monoisotopic (exact) mass is 235 g/mol. The van der Waals surface area contributed by atoms with Crippen LogP contribution in [0.2, 0.25) is 0 Å². The van der Waals surface area contributed by atoms with Gasteiger partial charge >= 0.3 is 0 Å². The summed E-state index contributed by atoms with van der Waals surface area (Å²) in [6.07, 6.45) is 6.07. The van der Waals surface area contributed by atoms with E-state index in [1.807, 2.05) is 6.92 Å². The van der Waals surface area contributed by atoms with Crippen LogP contribution in [-0.4, -0.2) is 29.3 Å². The van der Waals surface area contributed by atoms with Crippen LogP contribution in [0, 0.1) is 0 Å². The van der Waals surface area contributed by atoms with Crippen molar-refractivity contribution >= 4 is 5.78 Å². The summed E-state index contributed by atoms with van der Waals surface area (Å²) in [6.45, 7) is 6.17. The quantitative estimate of drug-likeness (QED) is 0.752. The van der Waals surface area contributed by atoms with Crippen LogP contribution in [0.1, 0.15) is 50.1 Å². The van der Waals surface area contributed by atoms with Gasteiger partial charge in [-0.05, 0) is 51.4 Å². The minimum Gasteiger partial charge on any atom is -0.461 e. The molecule has 94 valence electrons. The second-order valence-corrected chi connectivity index (χ2v) is 4.98. The zero-order valence-corrected chi connectivity index (χ0v) is 10.7. The minimum atomic E-state index is -0.404. The number of nitrogens with zero attached hydrogens (tertiary/aromatic N) is 1. The molecule has 1 atom stereocenters. The van der Waals surface area contributed by atoms with E-state index < -0.39 is 5.54 Å². The molecule has 0 amide bonds. The Balaban J connectivity index is 2.20. The van der Waals surface area contributed by atoms with Gasteiger partial charge < -0.3 is 4.42 Å². The molecule has 2 rings (SSSR count). The SMILES string of the molecule is CCC(C)(C(=O)c1ccco1)N1CCCCC1. The lowest BCUT2D eigenvalue weighted by atomic mass is 9.87. The predicted octanol–water partition coefficient (Wildman–Crippen LogP) is 3.12. The Hall–Kier alpha value is -1.09. The molecule has 0 spiro atoms. The number of ketones is 1. The Labute approximate surface area is 103 Å². The van der Waals surface area contributed by atoms with Crippen LogP contribution in [-0.2, 0) is 0 Å². The average Bonchev–Trinajstić information content (AvgIpc) is 2.92. The van der Waals surface area contributed by atoms with Gasteiger partial charge in [-0.15, -0.1) is 0 Å². The summed E-state index contributed by atoms with van der Waals surface area (Å²) in [6, 6.07) is 3.54. The normalized spacial score (nSPS) is 21.1. The number of piperidine rings is 1. The minimum absolute atomic E-state index is 0.118. The molecule has 3 heteroatoms. The molecule has 1 saturated heterocycles. The van der Waals surface area contributed by atoms with E-state index in [4.69, 9.17) is 4.42 Å². The fourth-order valence-electron chi connectivity index (χ4n) is 2.59. The number of carbonyl (C=O) groups is 1. The molecule has 0 N–H and O–H groups in total. The van der Waals surface area contributed by atoms with E-state index in [9.17, 15) is 4.79 Å². The Bertz CT molecular complexity index is 366. The highest BCUT2D eigenvalue weighted by Crippen LogP contribution is 2.28. The maximum atomic E-state index is 12.5. The highest BCUT2D eigenvalue weighted by Gasteiger charge is 2.39. The molecular weight excluding hydrogens is 214 g/mol. The number of Topliss-reactive ketones (excluding diaryl/α,β-unsaturated/α-hetero) is 1. The van der Waals surface area contributed by atoms with Gasteiger partial charge in [-0.3, -0.25) is 9.69 Å². The molecule has 3 nitrogen and oxygen atoms in total. The third kappa shape index (κ3) is 2.29. The first-order valence-corrected chi connectivity index (χ1v) is 6.52. The van der Waals surface area contributed by atoms with Crippen molar-refractivity contribution in [3.05, 3.63) is 24.2 Å². The largest absolute Gasteiger partial charge is 0.461 e. The van der Waals surface area contributed by atoms with Crippen LogP contribution < -0.4 is 0 Å². The highest BCUT2D eigenvalue weighted by atomic mass is 16.3. The number of carbonyl (C=O) groups excluding carboxylic acids is 1. The lowest BCUT2D eigenvalue weighted by molar-refractivity contribution is 0.0479. The fraction of sp³-hybridized carbons (Fsp3) is 0.643. The average molecular weight is 235 g/mol. The maximum absolute atomic E-state index is 12.5. The summed E-state index contributed by atoms with van der Waals surface area (Å²) in [5.41, 5.74) is -0.404. The van der Waals surface area contributed by atoms with Gasteiger partial charge in [0, 0.05) is 0 Å². The third-order valence-corrected chi connectivity index (χ3v) is 3.98. The van der Waals surface area contributed by atoms with E-state index in [0.717, 1.165) is 19.5 Å². The van der Waals surface area contributed by atoms with E-state index in [1.165, 1.54) is 19.3 Å². The maximum Gasteiger partial charge on any atom is 0.217 e. The van der Waals surface area contributed by atoms with E-state index in [2.05, 4.69) is 11.8 Å². The first-order valence-electron chi connectivity index (χ1n) is 6.52. The predicted molar refractivity (Wildman–Crippen MR) is 67.2 cm³/mol. The van der Waals surface area contributed by atoms with Crippen molar-refractivity contribution in [2.24, 2.45) is 0 Å². The number of rotatable bonds is 4. The lowest BCUT2D eigenvalue weighted by Gasteiger charge is -2.41. The summed E-state index contributed by atoms with van der Waals surface area (Å²) in [5, 5.41) is 0. The molecule has 0 aliphatic carbocycles. The van der Waals surface area contributed by atoms with E-state index >= 15 is 0 Å². The molecule has 0 radical (unpaired) electrons. The van der Waals surface area contributed by atoms with E-state index in [1.54, 1.807) is 18.4 Å². The summed E-state index contributed by atoms with van der Waals surface area (Å²) in [7, 11) is 0. The van der Waals surface area contributed by atoms with Crippen LogP contribution in [0.25, 0.3) is 0 Å². The lowest BCUT2D eigenvalue weighted by Crippen LogP contribution is -2.53. The summed E-state index contributed by atoms with van der Waals surface area (Å²) in [5.74, 6) is 0.604. The van der Waals surface area contributed by atoms with Crippen molar-refractivity contribution in [1.29, 1.82) is 0 Å². The number of furan rings is 1. The number of hydrogen-bond acceptors (Lipinski definition) is 3. The molecule has 0 aromatic carbocycles. The molecule has 1 unspecified atom stereocenters. The Kier molecular flexibility index (Phi) is 3.67. The first-order chi connectivity index (χ1) is 8.18. The second kappa shape index (κ2) is 5.05. The Morgan fingerprint density at radius 2 is 2.12 bits per heavy atom. The van der Waals surface area contributed by atoms with Gasteiger partial charge in [0.25, 0.3) is 0 Å². The molecule has 2 heterocycles. The number of hydrogen-bond donors (Lipinski definition) is 0. The Morgan fingerprint density at radius 3 is 2.65 bits per heavy atom. The van der Waals surface area contributed by atoms with Crippen LogP contribution >= 0.6 is 0 Å². The van der Waals surface area contributed by atoms with Crippen molar-refractivity contribution in [2.75, 3.05) is 13.1 Å². The van der Waals surface area contributed by atoms with Crippen molar-refractivity contribution in [2.45, 2.75) is 45.1 Å². The molecule has 1 aliphatic rings. The standard InChI is InChI=1S/C14H21NO2/c1-3-14(2,15-9-5-4-6-10-15)13(16)12-8-7-11-17-12/h7-8,11H,3-6,9-10H2,1-2H3. The van der Waals surface area contributed by atoms with Gasteiger partial charge in [-0.25, -0.2) is 0 Å². The van der Waals surface area contributed by atoms with Crippen LogP contribution in [0.4, 0.5) is 0 Å². The van der Waals surface area contributed by atoms with Crippen molar-refractivity contribution in [3.8, 4) is 0 Å². The van der Waals surface area contributed by atoms with Crippen LogP contribution in [0.5, 0.6) is 0 Å². The smallest absolute Gasteiger partial charge is 0.217 e. The molecule has 1 aromatic rings. The molecule has 1 aromatic heterocycles. The van der Waals surface area contributed by atoms with E-state index in [-0.39, 0.29) is 5.78 Å². The topological polar surface area (TPSA) is 33.5 Å². The molecule has 1 fully saturated rings. The molecule has 17 heavy (non-hydrogen) atoms. The molecule has 0 bridgehead atoms. The molecular formula is C14H21NO2. The molecule has 1 aliphatic heterocycles. The van der Waals surface area contributed by atoms with Gasteiger partial charge in [0.2, 0.25) is 5.78 Å².